The summed E-state index contributed by atoms with van der Waals surface area (Å²) in [5, 5.41) is 14.3. The van der Waals surface area contributed by atoms with Gasteiger partial charge in [-0.25, -0.2) is 0 Å². The molecule has 2 aromatic rings. The number of benzene rings is 2. The molecule has 0 aliphatic carbocycles. The molecule has 20 heavy (non-hydrogen) atoms. The third-order valence-corrected chi connectivity index (χ3v) is 4.17. The van der Waals surface area contributed by atoms with Crippen LogP contribution in [0.3, 0.4) is 0 Å². The first kappa shape index (κ1) is 13.3. The molecule has 0 saturated carbocycles. The molecule has 1 fully saturated rings. The van der Waals surface area contributed by atoms with Gasteiger partial charge in [-0.2, -0.15) is 0 Å². The second kappa shape index (κ2) is 6.21. The average molecular weight is 267 g/mol. The molecular formula is C18H21NO. The first-order valence-corrected chi connectivity index (χ1v) is 7.37. The minimum absolute atomic E-state index is 0.0352. The van der Waals surface area contributed by atoms with Crippen LogP contribution in [0.2, 0.25) is 0 Å². The van der Waals surface area contributed by atoms with Gasteiger partial charge in [0.25, 0.3) is 0 Å². The van der Waals surface area contributed by atoms with Gasteiger partial charge >= 0.3 is 0 Å². The van der Waals surface area contributed by atoms with Crippen molar-refractivity contribution in [3.63, 3.8) is 0 Å². The predicted molar refractivity (Wildman–Crippen MR) is 81.8 cm³/mol. The van der Waals surface area contributed by atoms with Crippen LogP contribution in [-0.2, 0) is 0 Å². The van der Waals surface area contributed by atoms with Crippen LogP contribution < -0.4 is 5.32 Å². The lowest BCUT2D eigenvalue weighted by atomic mass is 9.83. The molecular weight excluding hydrogens is 246 g/mol. The maximum absolute atomic E-state index is 10.9. The summed E-state index contributed by atoms with van der Waals surface area (Å²) in [6.45, 7) is 1.01. The van der Waals surface area contributed by atoms with Crippen LogP contribution in [-0.4, -0.2) is 23.8 Å². The summed E-state index contributed by atoms with van der Waals surface area (Å²) >= 11 is 0. The molecule has 3 rings (SSSR count). The lowest BCUT2D eigenvalue weighted by Crippen LogP contribution is -2.39. The Morgan fingerprint density at radius 3 is 1.90 bits per heavy atom. The van der Waals surface area contributed by atoms with Crippen LogP contribution in [0.4, 0.5) is 0 Å². The molecule has 0 amide bonds. The standard InChI is InChI=1S/C18H21NO/c20-18(16-12-7-13-19-16)17(14-8-3-1-4-9-14)15-10-5-2-6-11-15/h1-6,8-11,16-20H,7,12-13H2. The Bertz CT molecular complexity index is 480. The van der Waals surface area contributed by atoms with Crippen molar-refractivity contribution in [2.75, 3.05) is 6.54 Å². The van der Waals surface area contributed by atoms with E-state index in [4.69, 9.17) is 0 Å². The summed E-state index contributed by atoms with van der Waals surface area (Å²) in [5.74, 6) is 0.0352. The highest BCUT2D eigenvalue weighted by Gasteiger charge is 2.31. The zero-order valence-corrected chi connectivity index (χ0v) is 11.6. The summed E-state index contributed by atoms with van der Waals surface area (Å²) in [4.78, 5) is 0. The Morgan fingerprint density at radius 1 is 0.900 bits per heavy atom. The van der Waals surface area contributed by atoms with Gasteiger partial charge in [0.15, 0.2) is 0 Å². The van der Waals surface area contributed by atoms with E-state index >= 15 is 0 Å². The molecule has 2 atom stereocenters. The number of nitrogens with one attached hydrogen (secondary N) is 1. The number of aliphatic hydroxyl groups excluding tert-OH is 1. The normalized spacial score (nSPS) is 20.2. The Balaban J connectivity index is 1.95. The first-order valence-electron chi connectivity index (χ1n) is 7.37. The SMILES string of the molecule is OC(C1CCCN1)C(c1ccccc1)c1ccccc1. The molecule has 2 N–H and O–H groups in total. The third kappa shape index (κ3) is 2.77. The van der Waals surface area contributed by atoms with Crippen molar-refractivity contribution in [1.29, 1.82) is 0 Å². The Morgan fingerprint density at radius 2 is 1.45 bits per heavy atom. The molecule has 1 aliphatic heterocycles. The van der Waals surface area contributed by atoms with Crippen molar-refractivity contribution in [2.45, 2.75) is 30.9 Å². The summed E-state index contributed by atoms with van der Waals surface area (Å²) in [7, 11) is 0. The van der Waals surface area contributed by atoms with Gasteiger partial charge in [0.05, 0.1) is 6.10 Å². The molecule has 2 unspecified atom stereocenters. The fourth-order valence-corrected chi connectivity index (χ4v) is 3.14. The number of aliphatic hydroxyl groups is 1. The Labute approximate surface area is 120 Å². The van der Waals surface area contributed by atoms with Crippen molar-refractivity contribution in [2.24, 2.45) is 0 Å². The van der Waals surface area contributed by atoms with E-state index in [9.17, 15) is 5.11 Å². The molecule has 2 nitrogen and oxygen atoms in total. The Hall–Kier alpha value is -1.64. The van der Waals surface area contributed by atoms with E-state index in [2.05, 4.69) is 29.6 Å². The van der Waals surface area contributed by atoms with Gasteiger partial charge in [-0.15, -0.1) is 0 Å². The molecule has 0 spiro atoms. The van der Waals surface area contributed by atoms with Crippen LogP contribution in [0.15, 0.2) is 60.7 Å². The molecule has 1 aliphatic rings. The minimum Gasteiger partial charge on any atom is -0.391 e. The zero-order chi connectivity index (χ0) is 13.8. The van der Waals surface area contributed by atoms with Gasteiger partial charge in [-0.05, 0) is 30.5 Å². The number of rotatable bonds is 4. The van der Waals surface area contributed by atoms with Crippen molar-refractivity contribution >= 4 is 0 Å². The maximum atomic E-state index is 10.9. The van der Waals surface area contributed by atoms with Crippen LogP contribution in [0.5, 0.6) is 0 Å². The van der Waals surface area contributed by atoms with Gasteiger partial charge in [-0.1, -0.05) is 60.7 Å². The van der Waals surface area contributed by atoms with E-state index in [-0.39, 0.29) is 18.1 Å². The summed E-state index contributed by atoms with van der Waals surface area (Å²) in [6, 6.07) is 20.8. The van der Waals surface area contributed by atoms with Crippen LogP contribution in [0.25, 0.3) is 0 Å². The second-order valence-corrected chi connectivity index (χ2v) is 5.49. The Kier molecular flexibility index (Phi) is 4.14. The fraction of sp³-hybridized carbons (Fsp3) is 0.333. The van der Waals surface area contributed by atoms with E-state index in [1.165, 1.54) is 11.1 Å². The number of hydrogen-bond acceptors (Lipinski definition) is 2. The molecule has 0 bridgehead atoms. The van der Waals surface area contributed by atoms with Gasteiger partial charge in [0.1, 0.15) is 0 Å². The summed E-state index contributed by atoms with van der Waals surface area (Å²) in [6.07, 6.45) is 1.82. The summed E-state index contributed by atoms with van der Waals surface area (Å²) in [5.41, 5.74) is 2.36. The largest absolute Gasteiger partial charge is 0.391 e. The van der Waals surface area contributed by atoms with E-state index in [0.29, 0.717) is 0 Å². The van der Waals surface area contributed by atoms with E-state index in [0.717, 1.165) is 19.4 Å². The lowest BCUT2D eigenvalue weighted by molar-refractivity contribution is 0.119. The number of hydrogen-bond donors (Lipinski definition) is 2. The van der Waals surface area contributed by atoms with Gasteiger partial charge in [-0.3, -0.25) is 0 Å². The van der Waals surface area contributed by atoms with Gasteiger partial charge in [0.2, 0.25) is 0 Å². The highest BCUT2D eigenvalue weighted by Crippen LogP contribution is 2.31. The van der Waals surface area contributed by atoms with Crippen LogP contribution in [0.1, 0.15) is 29.9 Å². The van der Waals surface area contributed by atoms with Crippen molar-refractivity contribution in [3.05, 3.63) is 71.8 Å². The van der Waals surface area contributed by atoms with E-state index in [1.807, 2.05) is 36.4 Å². The molecule has 104 valence electrons. The predicted octanol–water partition coefficient (Wildman–Crippen LogP) is 2.93. The highest BCUT2D eigenvalue weighted by atomic mass is 16.3. The smallest absolute Gasteiger partial charge is 0.0802 e. The molecule has 2 heteroatoms. The molecule has 0 aromatic heterocycles. The molecule has 2 aromatic carbocycles. The average Bonchev–Trinajstić information content (AvgIpc) is 3.04. The highest BCUT2D eigenvalue weighted by molar-refractivity contribution is 5.34. The first-order chi connectivity index (χ1) is 9.86. The van der Waals surface area contributed by atoms with Crippen molar-refractivity contribution in [1.82, 2.24) is 5.32 Å². The monoisotopic (exact) mass is 267 g/mol. The molecule has 0 radical (unpaired) electrons. The quantitative estimate of drug-likeness (QED) is 0.892. The zero-order valence-electron chi connectivity index (χ0n) is 11.6. The maximum Gasteiger partial charge on any atom is 0.0802 e. The second-order valence-electron chi connectivity index (χ2n) is 5.49. The molecule has 1 heterocycles. The van der Waals surface area contributed by atoms with Crippen molar-refractivity contribution < 1.29 is 5.11 Å². The van der Waals surface area contributed by atoms with Crippen LogP contribution >= 0.6 is 0 Å². The van der Waals surface area contributed by atoms with Crippen LogP contribution in [0, 0.1) is 0 Å². The molecule has 1 saturated heterocycles. The third-order valence-electron chi connectivity index (χ3n) is 4.17. The fourth-order valence-electron chi connectivity index (χ4n) is 3.14. The van der Waals surface area contributed by atoms with E-state index in [1.54, 1.807) is 0 Å². The lowest BCUT2D eigenvalue weighted by Gasteiger charge is -2.28. The van der Waals surface area contributed by atoms with Gasteiger partial charge < -0.3 is 10.4 Å². The minimum atomic E-state index is -0.387. The van der Waals surface area contributed by atoms with Crippen molar-refractivity contribution in [3.8, 4) is 0 Å². The van der Waals surface area contributed by atoms with Gasteiger partial charge in [0, 0.05) is 12.0 Å². The van der Waals surface area contributed by atoms with E-state index < -0.39 is 0 Å². The topological polar surface area (TPSA) is 32.3 Å². The summed E-state index contributed by atoms with van der Waals surface area (Å²) < 4.78 is 0.